The van der Waals surface area contributed by atoms with E-state index in [-0.39, 0.29) is 24.2 Å². The van der Waals surface area contributed by atoms with Gasteiger partial charge in [-0.3, -0.25) is 4.79 Å². The zero-order valence-electron chi connectivity index (χ0n) is 14.8. The Morgan fingerprint density at radius 3 is 2.88 bits per heavy atom. The number of amides is 1. The van der Waals surface area contributed by atoms with Crippen molar-refractivity contribution in [3.05, 3.63) is 29.8 Å². The van der Waals surface area contributed by atoms with Gasteiger partial charge in [0.05, 0.1) is 18.8 Å². The molecule has 4 heteroatoms. The molecule has 1 heterocycles. The molecule has 24 heavy (non-hydrogen) atoms. The predicted molar refractivity (Wildman–Crippen MR) is 94.0 cm³/mol. The largest absolute Gasteiger partial charge is 0.493 e. The first-order valence-corrected chi connectivity index (χ1v) is 9.33. The molecule has 1 aliphatic heterocycles. The van der Waals surface area contributed by atoms with Crippen molar-refractivity contribution in [1.82, 2.24) is 5.32 Å². The number of nitrogens with one attached hydrogen (secondary N) is 1. The molecule has 2 aliphatic rings. The minimum absolute atomic E-state index is 0.00532. The van der Waals surface area contributed by atoms with Gasteiger partial charge in [-0.05, 0) is 31.7 Å². The van der Waals surface area contributed by atoms with Crippen LogP contribution in [0.1, 0.15) is 64.0 Å². The fraction of sp³-hybridized carbons (Fsp3) is 0.650. The zero-order chi connectivity index (χ0) is 16.9. The maximum absolute atomic E-state index is 11.7. The van der Waals surface area contributed by atoms with Gasteiger partial charge < -0.3 is 14.8 Å². The third-order valence-electron chi connectivity index (χ3n) is 5.19. The Bertz CT molecular complexity index is 560. The molecule has 1 aromatic carbocycles. The molecule has 1 saturated heterocycles. The molecule has 1 aromatic rings. The third-order valence-corrected chi connectivity index (χ3v) is 5.19. The van der Waals surface area contributed by atoms with Gasteiger partial charge >= 0.3 is 0 Å². The molecule has 1 aliphatic carbocycles. The number of carbonyl (C=O) groups excluding carboxylic acids is 1. The second-order valence-electron chi connectivity index (χ2n) is 7.04. The zero-order valence-corrected chi connectivity index (χ0v) is 14.8. The van der Waals surface area contributed by atoms with Crippen LogP contribution in [-0.4, -0.2) is 24.7 Å². The highest BCUT2D eigenvalue weighted by molar-refractivity contribution is 5.73. The Hall–Kier alpha value is -1.55. The van der Waals surface area contributed by atoms with Crippen LogP contribution in [0, 0.1) is 5.92 Å². The molecule has 1 amide bonds. The average Bonchev–Trinajstić information content (AvgIpc) is 2.59. The van der Waals surface area contributed by atoms with Crippen LogP contribution in [0.2, 0.25) is 0 Å². The van der Waals surface area contributed by atoms with Crippen molar-refractivity contribution in [2.75, 3.05) is 6.61 Å². The Labute approximate surface area is 144 Å². The summed E-state index contributed by atoms with van der Waals surface area (Å²) in [6.07, 6.45) is 6.75. The number of rotatable bonds is 5. The lowest BCUT2D eigenvalue weighted by Crippen LogP contribution is -2.50. The van der Waals surface area contributed by atoms with Crippen LogP contribution in [0.5, 0.6) is 5.75 Å². The summed E-state index contributed by atoms with van der Waals surface area (Å²) in [5.74, 6) is 1.42. The lowest BCUT2D eigenvalue weighted by atomic mass is 9.76. The van der Waals surface area contributed by atoms with Gasteiger partial charge in [-0.25, -0.2) is 0 Å². The lowest BCUT2D eigenvalue weighted by molar-refractivity contribution is -0.131. The minimum Gasteiger partial charge on any atom is -0.493 e. The quantitative estimate of drug-likeness (QED) is 0.887. The van der Waals surface area contributed by atoms with Crippen molar-refractivity contribution in [3.63, 3.8) is 0 Å². The molecule has 4 atom stereocenters. The van der Waals surface area contributed by atoms with E-state index in [4.69, 9.17) is 9.47 Å². The van der Waals surface area contributed by atoms with Crippen molar-refractivity contribution in [2.45, 2.75) is 70.6 Å². The summed E-state index contributed by atoms with van der Waals surface area (Å²) in [4.78, 5) is 11.7. The molecule has 0 unspecified atom stereocenters. The first-order valence-electron chi connectivity index (χ1n) is 9.33. The highest BCUT2D eigenvalue weighted by Crippen LogP contribution is 2.43. The highest BCUT2D eigenvalue weighted by atomic mass is 16.5. The molecule has 2 fully saturated rings. The van der Waals surface area contributed by atoms with E-state index in [1.54, 1.807) is 6.92 Å². The van der Waals surface area contributed by atoms with Crippen molar-refractivity contribution >= 4 is 5.91 Å². The average molecular weight is 331 g/mol. The van der Waals surface area contributed by atoms with Gasteiger partial charge in [0.25, 0.3) is 0 Å². The minimum atomic E-state index is -0.00532. The number of carbonyl (C=O) groups is 1. The first-order chi connectivity index (χ1) is 11.7. The summed E-state index contributed by atoms with van der Waals surface area (Å²) < 4.78 is 12.4. The lowest BCUT2D eigenvalue weighted by Gasteiger charge is -2.45. The smallest absolute Gasteiger partial charge is 0.217 e. The number of para-hydroxylation sites is 1. The van der Waals surface area contributed by atoms with Gasteiger partial charge in [-0.1, -0.05) is 38.0 Å². The van der Waals surface area contributed by atoms with Crippen LogP contribution in [0.15, 0.2) is 24.3 Å². The standard InChI is InChI=1S/C20H29NO3/c1-3-12-23-18-10-6-5-9-16(18)20-13-17(21-14(2)22)15-8-4-7-11-19(15)24-20/h5-6,9-10,15,17,19-20H,3-4,7-8,11-13H2,1-2H3,(H,21,22)/t15-,17+,19+,20+/m0/s1. The van der Waals surface area contributed by atoms with E-state index in [0.29, 0.717) is 12.5 Å². The van der Waals surface area contributed by atoms with Crippen LogP contribution in [0.4, 0.5) is 0 Å². The van der Waals surface area contributed by atoms with E-state index in [0.717, 1.165) is 37.0 Å². The molecule has 4 nitrogen and oxygen atoms in total. The van der Waals surface area contributed by atoms with Crippen molar-refractivity contribution in [1.29, 1.82) is 0 Å². The number of hydrogen-bond acceptors (Lipinski definition) is 3. The van der Waals surface area contributed by atoms with Gasteiger partial charge in [0.15, 0.2) is 0 Å². The summed E-state index contributed by atoms with van der Waals surface area (Å²) >= 11 is 0. The molecule has 0 aromatic heterocycles. The summed E-state index contributed by atoms with van der Waals surface area (Å²) in [6, 6.07) is 8.37. The highest BCUT2D eigenvalue weighted by Gasteiger charge is 2.41. The van der Waals surface area contributed by atoms with Gasteiger partial charge in [0, 0.05) is 24.4 Å². The Morgan fingerprint density at radius 2 is 2.08 bits per heavy atom. The summed E-state index contributed by atoms with van der Waals surface area (Å²) in [5.41, 5.74) is 1.12. The fourth-order valence-electron chi connectivity index (χ4n) is 4.14. The van der Waals surface area contributed by atoms with E-state index in [1.165, 1.54) is 12.8 Å². The Morgan fingerprint density at radius 1 is 1.29 bits per heavy atom. The van der Waals surface area contributed by atoms with Crippen LogP contribution in [-0.2, 0) is 9.53 Å². The molecule has 0 bridgehead atoms. The number of benzene rings is 1. The topological polar surface area (TPSA) is 47.6 Å². The van der Waals surface area contributed by atoms with E-state index in [9.17, 15) is 4.79 Å². The van der Waals surface area contributed by atoms with Crippen LogP contribution < -0.4 is 10.1 Å². The monoisotopic (exact) mass is 331 g/mol. The normalized spacial score (nSPS) is 29.6. The Kier molecular flexibility index (Phi) is 5.77. The molecule has 1 saturated carbocycles. The molecular formula is C20H29NO3. The first kappa shape index (κ1) is 17.3. The van der Waals surface area contributed by atoms with E-state index in [2.05, 4.69) is 18.3 Å². The van der Waals surface area contributed by atoms with Crippen molar-refractivity contribution in [2.24, 2.45) is 5.92 Å². The van der Waals surface area contributed by atoms with Crippen LogP contribution in [0.25, 0.3) is 0 Å². The Balaban J connectivity index is 1.81. The number of ether oxygens (including phenoxy) is 2. The summed E-state index contributed by atoms with van der Waals surface area (Å²) in [6.45, 7) is 4.44. The molecule has 132 valence electrons. The van der Waals surface area contributed by atoms with E-state index in [1.807, 2.05) is 18.2 Å². The van der Waals surface area contributed by atoms with Gasteiger partial charge in [-0.2, -0.15) is 0 Å². The predicted octanol–water partition coefficient (Wildman–Crippen LogP) is 4.00. The second kappa shape index (κ2) is 8.02. The molecule has 1 N–H and O–H groups in total. The van der Waals surface area contributed by atoms with Gasteiger partial charge in [0.1, 0.15) is 5.75 Å². The second-order valence-corrected chi connectivity index (χ2v) is 7.04. The van der Waals surface area contributed by atoms with Crippen molar-refractivity contribution in [3.8, 4) is 5.75 Å². The summed E-state index contributed by atoms with van der Waals surface area (Å²) in [5, 5.41) is 3.18. The van der Waals surface area contributed by atoms with E-state index >= 15 is 0 Å². The molecule has 0 spiro atoms. The number of fused-ring (bicyclic) bond motifs is 1. The molecular weight excluding hydrogens is 302 g/mol. The van der Waals surface area contributed by atoms with Crippen LogP contribution in [0.3, 0.4) is 0 Å². The fourth-order valence-corrected chi connectivity index (χ4v) is 4.14. The van der Waals surface area contributed by atoms with Crippen molar-refractivity contribution < 1.29 is 14.3 Å². The molecule has 0 radical (unpaired) electrons. The number of hydrogen-bond donors (Lipinski definition) is 1. The SMILES string of the molecule is CCCOc1ccccc1[C@H]1C[C@@H](NC(C)=O)[C@@H]2CCCC[C@H]2O1. The molecule has 3 rings (SSSR count). The maximum atomic E-state index is 11.7. The van der Waals surface area contributed by atoms with E-state index < -0.39 is 0 Å². The summed E-state index contributed by atoms with van der Waals surface area (Å²) in [7, 11) is 0. The van der Waals surface area contributed by atoms with Gasteiger partial charge in [0.2, 0.25) is 5.91 Å². The maximum Gasteiger partial charge on any atom is 0.217 e. The van der Waals surface area contributed by atoms with Gasteiger partial charge in [-0.15, -0.1) is 0 Å². The van der Waals surface area contributed by atoms with Crippen LogP contribution >= 0.6 is 0 Å². The third kappa shape index (κ3) is 3.92.